The van der Waals surface area contributed by atoms with Crippen LogP contribution in [-0.2, 0) is 39.2 Å². The molecule has 8 aromatic rings. The highest BCUT2D eigenvalue weighted by molar-refractivity contribution is 7.86. The molecule has 2 aliphatic heterocycles. The third kappa shape index (κ3) is 10.6. The van der Waals surface area contributed by atoms with Gasteiger partial charge in [-0.3, -0.25) is 9.11 Å². The molecule has 0 unspecified atom stereocenters. The van der Waals surface area contributed by atoms with Crippen molar-refractivity contribution >= 4 is 53.7 Å². The third-order valence-corrected chi connectivity index (χ3v) is 14.8. The van der Waals surface area contributed by atoms with E-state index in [1.165, 1.54) is 24.3 Å². The molecule has 18 nitrogen and oxygen atoms in total. The zero-order valence-corrected chi connectivity index (χ0v) is 42.1. The van der Waals surface area contributed by atoms with Gasteiger partial charge in [0, 0.05) is 59.9 Å². The van der Waals surface area contributed by atoms with E-state index in [0.717, 1.165) is 79.8 Å². The van der Waals surface area contributed by atoms with Gasteiger partial charge in [-0.1, -0.05) is 84.9 Å². The number of aryl methyl sites for hydroxylation is 4. The zero-order valence-electron chi connectivity index (χ0n) is 40.5. The summed E-state index contributed by atoms with van der Waals surface area (Å²) in [5.41, 5.74) is 11.6. The SMILES string of the molecule is COCCO[C@@H]1c2ccn3c(C)c(C)nc3c2N[C@H](c2ccccc2)[C@H]1O.COCCO[C@@H]1c2ccn3c(C)c(C)nc3c2N[C@H](c2ccccc2)[C@H]1O.O=S(=O)(O)c1cccc2c(S(=O)(=O)O)cccc12. The van der Waals surface area contributed by atoms with Gasteiger partial charge in [-0.05, 0) is 63.1 Å². The Kier molecular flexibility index (Phi) is 15.8. The third-order valence-electron chi connectivity index (χ3n) is 13.0. The van der Waals surface area contributed by atoms with Gasteiger partial charge in [0.1, 0.15) is 34.2 Å². The Morgan fingerprint density at radius 2 is 0.903 bits per heavy atom. The first-order valence-corrected chi connectivity index (χ1v) is 26.0. The molecule has 0 spiro atoms. The van der Waals surface area contributed by atoms with Crippen molar-refractivity contribution in [3.8, 4) is 0 Å². The number of aliphatic hydroxyl groups is 2. The van der Waals surface area contributed by atoms with Crippen LogP contribution in [0.1, 0.15) is 69.3 Å². The van der Waals surface area contributed by atoms with Gasteiger partial charge in [-0.15, -0.1) is 0 Å². The molecule has 0 amide bonds. The molecule has 0 fully saturated rings. The number of nitrogens with one attached hydrogen (secondary N) is 2. The van der Waals surface area contributed by atoms with Gasteiger partial charge in [0.15, 0.2) is 11.3 Å². The molecule has 6 atom stereocenters. The highest BCUT2D eigenvalue weighted by atomic mass is 32.2. The van der Waals surface area contributed by atoms with Gasteiger partial charge < -0.3 is 48.6 Å². The van der Waals surface area contributed by atoms with Crippen molar-refractivity contribution in [2.24, 2.45) is 0 Å². The van der Waals surface area contributed by atoms with Crippen LogP contribution in [0.25, 0.3) is 22.1 Å². The molecular weight excluding hydrogens is 965 g/mol. The van der Waals surface area contributed by atoms with Gasteiger partial charge in [-0.25, -0.2) is 9.97 Å². The van der Waals surface area contributed by atoms with E-state index >= 15 is 0 Å². The topological polar surface area (TPSA) is 245 Å². The van der Waals surface area contributed by atoms with Crippen LogP contribution in [-0.4, -0.2) is 108 Å². The average molecular weight is 1020 g/mol. The number of nitrogens with zero attached hydrogens (tertiary/aromatic N) is 4. The molecule has 2 aliphatic rings. The number of methoxy groups -OCH3 is 2. The van der Waals surface area contributed by atoms with E-state index in [9.17, 15) is 27.0 Å². The van der Waals surface area contributed by atoms with Crippen molar-refractivity contribution in [1.82, 2.24) is 18.8 Å². The van der Waals surface area contributed by atoms with Crippen LogP contribution in [0.2, 0.25) is 0 Å². The lowest BCUT2D eigenvalue weighted by Crippen LogP contribution is -2.38. The van der Waals surface area contributed by atoms with E-state index < -0.39 is 54.4 Å². The van der Waals surface area contributed by atoms with Gasteiger partial charge >= 0.3 is 0 Å². The van der Waals surface area contributed by atoms with Crippen LogP contribution >= 0.6 is 0 Å². The number of benzene rings is 4. The Hall–Kier alpha value is -6.30. The summed E-state index contributed by atoms with van der Waals surface area (Å²) in [6.07, 6.45) is 1.63. The molecule has 0 radical (unpaired) electrons. The number of rotatable bonds is 12. The maximum atomic E-state index is 11.2. The fourth-order valence-electron chi connectivity index (χ4n) is 9.15. The predicted molar refractivity (Wildman–Crippen MR) is 272 cm³/mol. The maximum Gasteiger partial charge on any atom is 0.295 e. The number of aliphatic hydroxyl groups excluding tert-OH is 2. The van der Waals surface area contributed by atoms with Crippen LogP contribution in [0.5, 0.6) is 0 Å². The Bertz CT molecular complexity index is 3200. The fraction of sp³-hybridized carbons (Fsp3) is 0.308. The molecule has 20 heteroatoms. The summed E-state index contributed by atoms with van der Waals surface area (Å²) in [6, 6.07) is 30.9. The number of hydrogen-bond acceptors (Lipinski definition) is 14. The Labute approximate surface area is 417 Å². The maximum absolute atomic E-state index is 11.2. The largest absolute Gasteiger partial charge is 0.388 e. The van der Waals surface area contributed by atoms with Crippen molar-refractivity contribution in [3.63, 3.8) is 0 Å². The first kappa shape index (κ1) is 52.0. The van der Waals surface area contributed by atoms with Crippen LogP contribution in [0.15, 0.2) is 131 Å². The first-order valence-electron chi connectivity index (χ1n) is 23.1. The Morgan fingerprint density at radius 3 is 1.25 bits per heavy atom. The van der Waals surface area contributed by atoms with Gasteiger partial charge in [-0.2, -0.15) is 16.8 Å². The minimum absolute atomic E-state index is 0.0233. The summed E-state index contributed by atoms with van der Waals surface area (Å²) in [5, 5.41) is 29.3. The van der Waals surface area contributed by atoms with Gasteiger partial charge in [0.05, 0.1) is 61.3 Å². The molecule has 4 aromatic heterocycles. The lowest BCUT2D eigenvalue weighted by Gasteiger charge is -2.38. The van der Waals surface area contributed by atoms with Crippen molar-refractivity contribution in [3.05, 3.63) is 167 Å². The Morgan fingerprint density at radius 1 is 0.528 bits per heavy atom. The lowest BCUT2D eigenvalue weighted by atomic mass is 9.89. The molecule has 10 rings (SSSR count). The van der Waals surface area contributed by atoms with Crippen molar-refractivity contribution < 1.29 is 55.1 Å². The summed E-state index contributed by atoms with van der Waals surface area (Å²) in [6.45, 7) is 9.91. The minimum Gasteiger partial charge on any atom is -0.388 e. The molecule has 0 aliphatic carbocycles. The lowest BCUT2D eigenvalue weighted by molar-refractivity contribution is -0.0633. The monoisotopic (exact) mass is 1020 g/mol. The minimum atomic E-state index is -4.47. The second kappa shape index (κ2) is 21.8. The number of hydrogen-bond donors (Lipinski definition) is 6. The molecule has 4 aromatic carbocycles. The summed E-state index contributed by atoms with van der Waals surface area (Å²) in [4.78, 5) is 8.67. The van der Waals surface area contributed by atoms with E-state index in [0.29, 0.717) is 26.4 Å². The highest BCUT2D eigenvalue weighted by Gasteiger charge is 2.40. The van der Waals surface area contributed by atoms with E-state index in [1.54, 1.807) is 14.2 Å². The zero-order chi connectivity index (χ0) is 51.5. The standard InChI is InChI=1S/2C21H25N3O3.C10H8O6S2/c2*1-13-14(2)24-10-9-16-18(21(24)22-13)23-17(15-7-5-4-6-8-15)19(25)20(16)27-12-11-26-3;11-17(12,13)9-5-1-3-7-8(9)4-2-6-10(7)18(14,15)16/h2*4-10,17,19-20,23,25H,11-12H2,1-3H3;1-6H,(H,11,12,13)(H,14,15,16)/t2*17-,19-,20-;/m11./s1. The summed E-state index contributed by atoms with van der Waals surface area (Å²) in [7, 11) is -5.65. The number of ether oxygens (including phenoxy) is 4. The number of fused-ring (bicyclic) bond motifs is 7. The molecule has 0 bridgehead atoms. The van der Waals surface area contributed by atoms with E-state index in [-0.39, 0.29) is 22.9 Å². The van der Waals surface area contributed by atoms with Gasteiger partial charge in [0.2, 0.25) is 0 Å². The molecule has 0 saturated heterocycles. The normalized spacial score (nSPS) is 19.6. The van der Waals surface area contributed by atoms with Crippen LogP contribution in [0.3, 0.4) is 0 Å². The van der Waals surface area contributed by atoms with E-state index in [4.69, 9.17) is 38.0 Å². The van der Waals surface area contributed by atoms with Gasteiger partial charge in [0.25, 0.3) is 20.2 Å². The first-order chi connectivity index (χ1) is 34.4. The van der Waals surface area contributed by atoms with Crippen molar-refractivity contribution in [2.45, 2.75) is 74.0 Å². The summed E-state index contributed by atoms with van der Waals surface area (Å²) >= 11 is 0. The van der Waals surface area contributed by atoms with Crippen molar-refractivity contribution in [1.29, 1.82) is 0 Å². The number of aromatic nitrogens is 4. The second-order valence-corrected chi connectivity index (χ2v) is 20.2. The van der Waals surface area contributed by atoms with E-state index in [2.05, 4.69) is 33.3 Å². The average Bonchev–Trinajstić information content (AvgIpc) is 3.83. The second-order valence-electron chi connectivity index (χ2n) is 17.4. The highest BCUT2D eigenvalue weighted by Crippen LogP contribution is 2.45. The molecular formula is C52H58N6O12S2. The van der Waals surface area contributed by atoms with Crippen LogP contribution in [0, 0.1) is 27.7 Å². The predicted octanol–water partition coefficient (Wildman–Crippen LogP) is 7.70. The number of imidazole rings is 2. The summed E-state index contributed by atoms with van der Waals surface area (Å²) in [5.74, 6) is 0. The molecule has 0 saturated carbocycles. The van der Waals surface area contributed by atoms with Crippen molar-refractivity contribution in [2.75, 3.05) is 51.3 Å². The molecule has 380 valence electrons. The number of pyridine rings is 2. The Balaban J connectivity index is 0.000000148. The molecule has 6 heterocycles. The van der Waals surface area contributed by atoms with Crippen LogP contribution < -0.4 is 10.6 Å². The smallest absolute Gasteiger partial charge is 0.295 e. The summed E-state index contributed by atoms with van der Waals surface area (Å²) < 4.78 is 89.2. The molecule has 72 heavy (non-hydrogen) atoms. The molecule has 6 N–H and O–H groups in total. The quantitative estimate of drug-likeness (QED) is 0.0507. The number of anilines is 2. The fourth-order valence-corrected chi connectivity index (χ4v) is 10.6. The van der Waals surface area contributed by atoms with E-state index in [1.807, 2.05) is 99.0 Å². The van der Waals surface area contributed by atoms with Crippen LogP contribution in [0.4, 0.5) is 11.4 Å².